The lowest BCUT2D eigenvalue weighted by Crippen LogP contribution is -2.52. The van der Waals surface area contributed by atoms with E-state index in [0.29, 0.717) is 17.9 Å². The van der Waals surface area contributed by atoms with Crippen LogP contribution >= 0.6 is 46.4 Å². The number of ketones is 1. The number of hydrogen-bond acceptors (Lipinski definition) is 4. The summed E-state index contributed by atoms with van der Waals surface area (Å²) in [4.78, 5) is 53.2. The number of carbonyl (C=O) groups is 4. The molecule has 2 aromatic rings. The number of carbonyl (C=O) groups excluding carboxylic acids is 4. The van der Waals surface area contributed by atoms with Crippen molar-refractivity contribution in [2.45, 2.75) is 19.8 Å². The van der Waals surface area contributed by atoms with Crippen LogP contribution in [0, 0.1) is 11.8 Å². The monoisotopic (exact) mass is 538 g/mol. The van der Waals surface area contributed by atoms with Gasteiger partial charge in [-0.05, 0) is 56.2 Å². The van der Waals surface area contributed by atoms with Crippen LogP contribution in [0.3, 0.4) is 0 Å². The molecule has 0 radical (unpaired) electrons. The van der Waals surface area contributed by atoms with Gasteiger partial charge >= 0.3 is 0 Å². The number of halogens is 4. The number of hydrazine groups is 1. The Kier molecular flexibility index (Phi) is 7.06. The summed E-state index contributed by atoms with van der Waals surface area (Å²) in [6.45, 7) is 1.30. The topological polar surface area (TPSA) is 74.8 Å². The van der Waals surface area contributed by atoms with Gasteiger partial charge < -0.3 is 0 Å². The Balaban J connectivity index is 1.73. The molecule has 4 rings (SSSR count). The predicted octanol–water partition coefficient (Wildman–Crippen LogP) is 5.88. The minimum atomic E-state index is -0.748. The van der Waals surface area contributed by atoms with E-state index in [2.05, 4.69) is 0 Å². The molecule has 6 nitrogen and oxygen atoms in total. The molecular formula is C24H18Cl4N2O4. The van der Waals surface area contributed by atoms with E-state index >= 15 is 0 Å². The van der Waals surface area contributed by atoms with E-state index in [-0.39, 0.29) is 26.2 Å². The molecule has 1 heterocycles. The Morgan fingerprint density at radius 2 is 1.65 bits per heavy atom. The van der Waals surface area contributed by atoms with Crippen LogP contribution in [-0.4, -0.2) is 40.1 Å². The number of amides is 3. The van der Waals surface area contributed by atoms with E-state index in [9.17, 15) is 19.2 Å². The van der Waals surface area contributed by atoms with Crippen molar-refractivity contribution >= 4 is 69.9 Å². The van der Waals surface area contributed by atoms with Crippen molar-refractivity contribution in [3.63, 3.8) is 0 Å². The quantitative estimate of drug-likeness (QED) is 0.270. The molecule has 0 bridgehead atoms. The normalized spacial score (nSPS) is 19.7. The second kappa shape index (κ2) is 9.70. The molecule has 0 unspecified atom stereocenters. The van der Waals surface area contributed by atoms with Crippen LogP contribution in [0.15, 0.2) is 48.0 Å². The molecule has 0 N–H and O–H groups in total. The number of hydrogen-bond donors (Lipinski definition) is 0. The van der Waals surface area contributed by atoms with Crippen LogP contribution in [0.5, 0.6) is 0 Å². The van der Waals surface area contributed by atoms with Gasteiger partial charge in [-0.2, -0.15) is 5.01 Å². The van der Waals surface area contributed by atoms with Crippen molar-refractivity contribution in [3.05, 3.63) is 79.3 Å². The second-order valence-electron chi connectivity index (χ2n) is 8.23. The van der Waals surface area contributed by atoms with E-state index in [0.717, 1.165) is 15.6 Å². The van der Waals surface area contributed by atoms with Gasteiger partial charge in [0.05, 0.1) is 26.9 Å². The van der Waals surface area contributed by atoms with Gasteiger partial charge in [0.15, 0.2) is 5.78 Å². The van der Waals surface area contributed by atoms with Gasteiger partial charge in [-0.1, -0.05) is 58.1 Å². The average molecular weight is 540 g/mol. The lowest BCUT2D eigenvalue weighted by molar-refractivity contribution is -0.154. The van der Waals surface area contributed by atoms with E-state index in [1.54, 1.807) is 0 Å². The third kappa shape index (κ3) is 4.60. The zero-order valence-corrected chi connectivity index (χ0v) is 20.9. The zero-order chi connectivity index (χ0) is 24.7. The zero-order valence-electron chi connectivity index (χ0n) is 17.9. The summed E-state index contributed by atoms with van der Waals surface area (Å²) in [7, 11) is 0. The highest BCUT2D eigenvalue weighted by Gasteiger charge is 2.51. The molecule has 1 aliphatic heterocycles. The maximum Gasteiger partial charge on any atom is 0.273 e. The Bertz CT molecular complexity index is 1260. The molecule has 34 heavy (non-hydrogen) atoms. The maximum absolute atomic E-state index is 13.5. The minimum Gasteiger partial charge on any atom is -0.292 e. The lowest BCUT2D eigenvalue weighted by Gasteiger charge is -2.30. The van der Waals surface area contributed by atoms with Gasteiger partial charge in [-0.3, -0.25) is 19.2 Å². The summed E-state index contributed by atoms with van der Waals surface area (Å²) in [5, 5.41) is 2.44. The summed E-state index contributed by atoms with van der Waals surface area (Å²) in [5.74, 6) is -3.54. The van der Waals surface area contributed by atoms with Crippen molar-refractivity contribution < 1.29 is 19.2 Å². The highest BCUT2D eigenvalue weighted by atomic mass is 35.5. The van der Waals surface area contributed by atoms with E-state index in [4.69, 9.17) is 46.4 Å². The molecule has 3 amide bonds. The average Bonchev–Trinajstić information content (AvgIpc) is 3.02. The number of nitrogens with zero attached hydrogens (tertiary/aromatic N) is 2. The predicted molar refractivity (Wildman–Crippen MR) is 130 cm³/mol. The van der Waals surface area contributed by atoms with Crippen molar-refractivity contribution in [1.29, 1.82) is 0 Å². The number of Topliss-reactive ketones (excluding diaryl/α,β-unsaturated/α-hetero) is 1. The Morgan fingerprint density at radius 3 is 2.32 bits per heavy atom. The number of rotatable bonds is 5. The Morgan fingerprint density at radius 1 is 0.941 bits per heavy atom. The summed E-state index contributed by atoms with van der Waals surface area (Å²) in [6.07, 6.45) is 2.72. The van der Waals surface area contributed by atoms with Crippen molar-refractivity contribution in [1.82, 2.24) is 10.0 Å². The van der Waals surface area contributed by atoms with Gasteiger partial charge in [0.1, 0.15) is 6.54 Å². The van der Waals surface area contributed by atoms with Gasteiger partial charge in [-0.15, -0.1) is 0 Å². The number of fused-ring (bicyclic) bond motifs is 1. The van der Waals surface area contributed by atoms with Crippen LogP contribution in [0.1, 0.15) is 40.5 Å². The van der Waals surface area contributed by atoms with Gasteiger partial charge in [0.2, 0.25) is 0 Å². The molecule has 0 aromatic heterocycles. The highest BCUT2D eigenvalue weighted by molar-refractivity contribution is 6.42. The molecule has 2 atom stereocenters. The third-order valence-electron chi connectivity index (χ3n) is 5.97. The van der Waals surface area contributed by atoms with Gasteiger partial charge in [0, 0.05) is 16.1 Å². The first-order chi connectivity index (χ1) is 16.1. The number of imide groups is 1. The van der Waals surface area contributed by atoms with Crippen LogP contribution in [0.2, 0.25) is 20.1 Å². The van der Waals surface area contributed by atoms with Crippen molar-refractivity contribution in [2.75, 3.05) is 6.54 Å². The fourth-order valence-corrected chi connectivity index (χ4v) is 5.02. The van der Waals surface area contributed by atoms with E-state index in [1.807, 2.05) is 13.0 Å². The summed E-state index contributed by atoms with van der Waals surface area (Å²) in [5.41, 5.74) is 1.16. The first kappa shape index (κ1) is 24.7. The molecule has 10 heteroatoms. The molecule has 1 aliphatic carbocycles. The SMILES string of the molecule is CC1=CC[C@H]2C(=O)N(N(CC(=O)c3ccc(Cl)cc3Cl)C(=O)c3ccc(Cl)c(Cl)c3)C(=O)[C@H]2C1. The smallest absolute Gasteiger partial charge is 0.273 e. The Labute approximate surface area is 216 Å². The summed E-state index contributed by atoms with van der Waals surface area (Å²) < 4.78 is 0. The largest absolute Gasteiger partial charge is 0.292 e. The van der Waals surface area contributed by atoms with Gasteiger partial charge in [0.25, 0.3) is 17.7 Å². The minimum absolute atomic E-state index is 0.0641. The fourth-order valence-electron chi connectivity index (χ4n) is 4.21. The number of allylic oxidation sites excluding steroid dienone is 2. The molecule has 2 aromatic carbocycles. The number of benzene rings is 2. The first-order valence-corrected chi connectivity index (χ1v) is 11.9. The van der Waals surface area contributed by atoms with Crippen LogP contribution < -0.4 is 0 Å². The van der Waals surface area contributed by atoms with E-state index in [1.165, 1.54) is 36.4 Å². The summed E-state index contributed by atoms with van der Waals surface area (Å²) >= 11 is 24.1. The molecule has 0 saturated carbocycles. The van der Waals surface area contributed by atoms with Gasteiger partial charge in [-0.25, -0.2) is 5.01 Å². The van der Waals surface area contributed by atoms with Crippen LogP contribution in [0.4, 0.5) is 0 Å². The molecule has 1 saturated heterocycles. The molecule has 1 fully saturated rings. The van der Waals surface area contributed by atoms with Crippen molar-refractivity contribution in [3.8, 4) is 0 Å². The molecule has 0 spiro atoms. The lowest BCUT2D eigenvalue weighted by atomic mass is 9.82. The maximum atomic E-state index is 13.5. The Hall–Kier alpha value is -2.38. The third-order valence-corrected chi connectivity index (χ3v) is 7.25. The van der Waals surface area contributed by atoms with Crippen LogP contribution in [-0.2, 0) is 9.59 Å². The standard InChI is InChI=1S/C24H18Cl4N2O4/c1-12-2-5-15-17(8-12)24(34)30(23(15)33)29(22(32)13-3-7-18(26)20(28)9-13)11-21(31)16-6-4-14(25)10-19(16)27/h2-4,6-7,9-10,15,17H,5,8,11H2,1H3/t15-,17+/m1/s1. The van der Waals surface area contributed by atoms with Crippen molar-refractivity contribution in [2.24, 2.45) is 11.8 Å². The summed E-state index contributed by atoms with van der Waals surface area (Å²) in [6, 6.07) is 8.47. The molecule has 176 valence electrons. The second-order valence-corrected chi connectivity index (χ2v) is 9.89. The van der Waals surface area contributed by atoms with Crippen LogP contribution in [0.25, 0.3) is 0 Å². The fraction of sp³-hybridized carbons (Fsp3) is 0.250. The highest BCUT2D eigenvalue weighted by Crippen LogP contribution is 2.39. The molecular weight excluding hydrogens is 522 g/mol. The van der Waals surface area contributed by atoms with E-state index < -0.39 is 41.9 Å². The molecule has 2 aliphatic rings. The first-order valence-electron chi connectivity index (χ1n) is 10.4.